The Balaban J connectivity index is 1.91. The molecule has 1 aliphatic heterocycles. The molecule has 1 amide bonds. The van der Waals surface area contributed by atoms with Crippen molar-refractivity contribution in [2.75, 3.05) is 0 Å². The lowest BCUT2D eigenvalue weighted by Gasteiger charge is -2.00. The second-order valence-electron chi connectivity index (χ2n) is 3.45. The van der Waals surface area contributed by atoms with E-state index in [1.165, 1.54) is 5.41 Å². The summed E-state index contributed by atoms with van der Waals surface area (Å²) in [6.45, 7) is 0. The normalized spacial score (nSPS) is 23.9. The summed E-state index contributed by atoms with van der Waals surface area (Å²) in [6.07, 6.45) is -0.361. The molecule has 1 heterocycles. The third-order valence-corrected chi connectivity index (χ3v) is 2.57. The second-order valence-corrected chi connectivity index (χ2v) is 3.70. The number of thiol groups is 1. The monoisotopic (exact) mass is 236 g/mol. The van der Waals surface area contributed by atoms with Crippen molar-refractivity contribution in [2.45, 2.75) is 12.3 Å². The number of nitrogens with one attached hydrogen (secondary N) is 1. The van der Waals surface area contributed by atoms with Crippen LogP contribution >= 0.6 is 12.6 Å². The smallest absolute Gasteiger partial charge is 0.269 e. The molecule has 0 radical (unpaired) electrons. The van der Waals surface area contributed by atoms with Crippen LogP contribution in [0.15, 0.2) is 41.4 Å². The standard InChI is InChI=1S/C11H12N2O2S/c12-8(6-16)10(14)13-11-9(15-11)7-4-2-1-3-5-7/h1-6,9,11,16H,12H2,(H,13,14)/b8-6-. The van der Waals surface area contributed by atoms with Crippen LogP contribution in [0, 0.1) is 0 Å². The molecule has 84 valence electrons. The van der Waals surface area contributed by atoms with E-state index in [9.17, 15) is 4.79 Å². The molecule has 2 unspecified atom stereocenters. The largest absolute Gasteiger partial charge is 0.394 e. The van der Waals surface area contributed by atoms with Gasteiger partial charge in [0.2, 0.25) is 0 Å². The Morgan fingerprint density at radius 3 is 2.75 bits per heavy atom. The number of ether oxygens (including phenoxy) is 1. The summed E-state index contributed by atoms with van der Waals surface area (Å²) in [5.41, 5.74) is 6.51. The molecule has 0 aliphatic carbocycles. The highest BCUT2D eigenvalue weighted by Crippen LogP contribution is 2.36. The molecule has 5 heteroatoms. The van der Waals surface area contributed by atoms with E-state index in [1.807, 2.05) is 30.3 Å². The SMILES string of the molecule is N/C(=C\S)C(=O)NC1OC1c1ccccc1. The summed E-state index contributed by atoms with van der Waals surface area (Å²) in [5.74, 6) is -0.363. The molecule has 0 saturated carbocycles. The van der Waals surface area contributed by atoms with Crippen LogP contribution in [-0.4, -0.2) is 12.1 Å². The average Bonchev–Trinajstić information content (AvgIpc) is 3.08. The minimum atomic E-state index is -0.363. The molecule has 0 bridgehead atoms. The second kappa shape index (κ2) is 4.59. The van der Waals surface area contributed by atoms with E-state index in [-0.39, 0.29) is 23.9 Å². The topological polar surface area (TPSA) is 67.7 Å². The number of carbonyl (C=O) groups excluding carboxylic acids is 1. The fraction of sp³-hybridized carbons (Fsp3) is 0.182. The lowest BCUT2D eigenvalue weighted by Crippen LogP contribution is -2.31. The predicted molar refractivity (Wildman–Crippen MR) is 63.5 cm³/mol. The van der Waals surface area contributed by atoms with Gasteiger partial charge in [0, 0.05) is 0 Å². The Kier molecular flexibility index (Phi) is 3.17. The van der Waals surface area contributed by atoms with Crippen LogP contribution in [0.25, 0.3) is 0 Å². The summed E-state index contributed by atoms with van der Waals surface area (Å²) in [5, 5.41) is 3.91. The summed E-state index contributed by atoms with van der Waals surface area (Å²) < 4.78 is 5.33. The Labute approximate surface area is 98.9 Å². The molecule has 2 atom stereocenters. The molecule has 1 fully saturated rings. The van der Waals surface area contributed by atoms with Crippen molar-refractivity contribution in [3.05, 3.63) is 47.0 Å². The van der Waals surface area contributed by atoms with Crippen LogP contribution in [-0.2, 0) is 9.53 Å². The van der Waals surface area contributed by atoms with Gasteiger partial charge in [-0.15, -0.1) is 12.6 Å². The van der Waals surface area contributed by atoms with Gasteiger partial charge in [0.05, 0.1) is 0 Å². The Bertz CT molecular complexity index is 419. The van der Waals surface area contributed by atoms with Crippen LogP contribution in [0.3, 0.4) is 0 Å². The molecule has 3 N–H and O–H groups in total. The van der Waals surface area contributed by atoms with Crippen molar-refractivity contribution in [1.82, 2.24) is 5.32 Å². The number of rotatable bonds is 3. The molecule has 2 rings (SSSR count). The molecule has 4 nitrogen and oxygen atoms in total. The fourth-order valence-corrected chi connectivity index (χ4v) is 1.51. The van der Waals surface area contributed by atoms with Gasteiger partial charge in [-0.05, 0) is 11.0 Å². The van der Waals surface area contributed by atoms with Gasteiger partial charge in [-0.25, -0.2) is 0 Å². The van der Waals surface area contributed by atoms with Gasteiger partial charge < -0.3 is 15.8 Å². The van der Waals surface area contributed by atoms with Crippen LogP contribution in [0.2, 0.25) is 0 Å². The zero-order valence-corrected chi connectivity index (χ0v) is 9.35. The van der Waals surface area contributed by atoms with Gasteiger partial charge >= 0.3 is 0 Å². The van der Waals surface area contributed by atoms with E-state index in [0.29, 0.717) is 0 Å². The summed E-state index contributed by atoms with van der Waals surface area (Å²) in [7, 11) is 0. The summed E-state index contributed by atoms with van der Waals surface area (Å²) >= 11 is 3.80. The highest BCUT2D eigenvalue weighted by atomic mass is 32.1. The maximum absolute atomic E-state index is 11.4. The third-order valence-electron chi connectivity index (χ3n) is 2.29. The third kappa shape index (κ3) is 2.37. The summed E-state index contributed by atoms with van der Waals surface area (Å²) in [6, 6.07) is 9.69. The van der Waals surface area contributed by atoms with Crippen molar-refractivity contribution >= 4 is 18.5 Å². The van der Waals surface area contributed by atoms with E-state index in [0.717, 1.165) is 5.56 Å². The number of epoxide rings is 1. The Morgan fingerprint density at radius 1 is 1.44 bits per heavy atom. The first-order chi connectivity index (χ1) is 7.72. The quantitative estimate of drug-likeness (QED) is 0.415. The number of hydrogen-bond donors (Lipinski definition) is 3. The first kappa shape index (κ1) is 11.0. The molecule has 1 saturated heterocycles. The molecular formula is C11H12N2O2S. The molecule has 1 aromatic rings. The lowest BCUT2D eigenvalue weighted by molar-refractivity contribution is -0.118. The Morgan fingerprint density at radius 2 is 2.12 bits per heavy atom. The van der Waals surface area contributed by atoms with Gasteiger partial charge in [-0.2, -0.15) is 0 Å². The van der Waals surface area contributed by atoms with Gasteiger partial charge in [0.1, 0.15) is 11.8 Å². The zero-order chi connectivity index (χ0) is 11.5. The number of benzene rings is 1. The van der Waals surface area contributed by atoms with Crippen molar-refractivity contribution in [3.63, 3.8) is 0 Å². The molecule has 0 aromatic heterocycles. The minimum absolute atomic E-state index is 0.0714. The maximum atomic E-state index is 11.4. The molecule has 16 heavy (non-hydrogen) atoms. The van der Waals surface area contributed by atoms with Crippen LogP contribution in [0.1, 0.15) is 11.7 Å². The zero-order valence-electron chi connectivity index (χ0n) is 8.46. The maximum Gasteiger partial charge on any atom is 0.269 e. The van der Waals surface area contributed by atoms with Crippen LogP contribution in [0.4, 0.5) is 0 Å². The van der Waals surface area contributed by atoms with Crippen LogP contribution in [0.5, 0.6) is 0 Å². The first-order valence-electron chi connectivity index (χ1n) is 4.83. The Hall–Kier alpha value is -1.46. The molecular weight excluding hydrogens is 224 g/mol. The van der Waals surface area contributed by atoms with E-state index in [2.05, 4.69) is 17.9 Å². The number of hydrogen-bond acceptors (Lipinski definition) is 4. The van der Waals surface area contributed by atoms with Gasteiger partial charge in [-0.1, -0.05) is 30.3 Å². The van der Waals surface area contributed by atoms with E-state index in [1.54, 1.807) is 0 Å². The van der Waals surface area contributed by atoms with E-state index in [4.69, 9.17) is 10.5 Å². The molecule has 0 spiro atoms. The first-order valence-corrected chi connectivity index (χ1v) is 5.35. The van der Waals surface area contributed by atoms with E-state index >= 15 is 0 Å². The minimum Gasteiger partial charge on any atom is -0.394 e. The lowest BCUT2D eigenvalue weighted by atomic mass is 10.1. The van der Waals surface area contributed by atoms with Gasteiger partial charge in [0.15, 0.2) is 6.23 Å². The highest BCUT2D eigenvalue weighted by Gasteiger charge is 2.41. The molecule has 1 aromatic carbocycles. The number of nitrogens with two attached hydrogens (primary N) is 1. The number of carbonyl (C=O) groups is 1. The predicted octanol–water partition coefficient (Wildman–Crippen LogP) is 0.930. The average molecular weight is 236 g/mol. The van der Waals surface area contributed by atoms with Gasteiger partial charge in [-0.3, -0.25) is 4.79 Å². The number of amides is 1. The fourth-order valence-electron chi connectivity index (χ4n) is 1.39. The van der Waals surface area contributed by atoms with Crippen LogP contribution < -0.4 is 11.1 Å². The van der Waals surface area contributed by atoms with Crippen molar-refractivity contribution in [3.8, 4) is 0 Å². The van der Waals surface area contributed by atoms with Crippen molar-refractivity contribution in [2.24, 2.45) is 5.73 Å². The van der Waals surface area contributed by atoms with Gasteiger partial charge in [0.25, 0.3) is 5.91 Å². The molecule has 1 aliphatic rings. The van der Waals surface area contributed by atoms with Crippen molar-refractivity contribution < 1.29 is 9.53 Å². The highest BCUT2D eigenvalue weighted by molar-refractivity contribution is 7.83. The van der Waals surface area contributed by atoms with E-state index < -0.39 is 0 Å². The van der Waals surface area contributed by atoms with Crippen molar-refractivity contribution in [1.29, 1.82) is 0 Å². The summed E-state index contributed by atoms with van der Waals surface area (Å²) in [4.78, 5) is 11.4.